The van der Waals surface area contributed by atoms with E-state index in [9.17, 15) is 9.18 Å². The van der Waals surface area contributed by atoms with Gasteiger partial charge in [0.25, 0.3) is 11.8 Å². The molecule has 7 nitrogen and oxygen atoms in total. The molecule has 128 valence electrons. The molecule has 2 atom stereocenters. The van der Waals surface area contributed by atoms with E-state index in [1.807, 2.05) is 0 Å². The second kappa shape index (κ2) is 6.96. The maximum atomic E-state index is 13.4. The molecule has 2 heterocycles. The molecule has 1 aliphatic rings. The van der Waals surface area contributed by atoms with Gasteiger partial charge in [0.05, 0.1) is 7.11 Å². The normalized spacial score (nSPS) is 20.1. The molecule has 0 saturated carbocycles. The van der Waals surface area contributed by atoms with Crippen LogP contribution in [0.1, 0.15) is 34.6 Å². The zero-order valence-electron chi connectivity index (χ0n) is 13.4. The molecule has 24 heavy (non-hydrogen) atoms. The summed E-state index contributed by atoms with van der Waals surface area (Å²) >= 11 is 0. The van der Waals surface area contributed by atoms with Crippen molar-refractivity contribution in [3.05, 3.63) is 41.3 Å². The Morgan fingerprint density at radius 2 is 2.33 bits per heavy atom. The molecular formula is C16H18FN3O4. The van der Waals surface area contributed by atoms with E-state index in [-0.39, 0.29) is 23.7 Å². The summed E-state index contributed by atoms with van der Waals surface area (Å²) in [5.41, 5.74) is 0.331. The number of aromatic nitrogens is 2. The van der Waals surface area contributed by atoms with Gasteiger partial charge in [0.1, 0.15) is 6.10 Å². The first kappa shape index (κ1) is 16.4. The first-order valence-corrected chi connectivity index (χ1v) is 7.62. The number of hydrogen-bond donors (Lipinski definition) is 1. The molecule has 0 radical (unpaired) electrons. The first-order chi connectivity index (χ1) is 11.6. The van der Waals surface area contributed by atoms with E-state index >= 15 is 0 Å². The molecule has 1 aliphatic heterocycles. The van der Waals surface area contributed by atoms with Crippen LogP contribution >= 0.6 is 0 Å². The van der Waals surface area contributed by atoms with Crippen molar-refractivity contribution in [1.82, 2.24) is 15.5 Å². The van der Waals surface area contributed by atoms with Gasteiger partial charge in [-0.15, -0.1) is 0 Å². The number of nitrogens with one attached hydrogen (secondary N) is 1. The molecule has 1 N–H and O–H groups in total. The van der Waals surface area contributed by atoms with Crippen molar-refractivity contribution >= 4 is 5.91 Å². The van der Waals surface area contributed by atoms with Crippen LogP contribution in [0.2, 0.25) is 0 Å². The highest BCUT2D eigenvalue weighted by Crippen LogP contribution is 2.33. The lowest BCUT2D eigenvalue weighted by Gasteiger charge is -2.15. The van der Waals surface area contributed by atoms with Crippen LogP contribution < -0.4 is 10.1 Å². The van der Waals surface area contributed by atoms with E-state index in [1.165, 1.54) is 25.3 Å². The third kappa shape index (κ3) is 3.38. The summed E-state index contributed by atoms with van der Waals surface area (Å²) in [4.78, 5) is 16.4. The Morgan fingerprint density at radius 1 is 1.50 bits per heavy atom. The van der Waals surface area contributed by atoms with Gasteiger partial charge in [-0.05, 0) is 31.5 Å². The van der Waals surface area contributed by atoms with Crippen LogP contribution in [0.5, 0.6) is 5.75 Å². The van der Waals surface area contributed by atoms with Crippen molar-refractivity contribution in [3.63, 3.8) is 0 Å². The number of methoxy groups -OCH3 is 1. The number of nitrogens with zero attached hydrogens (tertiary/aromatic N) is 2. The number of carbonyl (C=O) groups excluding carboxylic acids is 1. The summed E-state index contributed by atoms with van der Waals surface area (Å²) in [5, 5.41) is 6.59. The molecule has 1 saturated heterocycles. The lowest BCUT2D eigenvalue weighted by Crippen LogP contribution is -2.30. The van der Waals surface area contributed by atoms with Gasteiger partial charge in [0, 0.05) is 24.6 Å². The smallest absolute Gasteiger partial charge is 0.256 e. The van der Waals surface area contributed by atoms with Gasteiger partial charge in [-0.25, -0.2) is 4.39 Å². The number of halogens is 1. The fourth-order valence-electron chi connectivity index (χ4n) is 2.67. The second-order valence-electron chi connectivity index (χ2n) is 5.58. The third-order valence-corrected chi connectivity index (χ3v) is 3.94. The van der Waals surface area contributed by atoms with Gasteiger partial charge in [-0.2, -0.15) is 4.98 Å². The van der Waals surface area contributed by atoms with Gasteiger partial charge >= 0.3 is 0 Å². The Kier molecular flexibility index (Phi) is 4.75. The predicted octanol–water partition coefficient (Wildman–Crippen LogP) is 2.03. The molecule has 1 fully saturated rings. The van der Waals surface area contributed by atoms with Crippen LogP contribution in [0.15, 0.2) is 22.7 Å². The van der Waals surface area contributed by atoms with Crippen LogP contribution in [-0.4, -0.2) is 36.3 Å². The second-order valence-corrected chi connectivity index (χ2v) is 5.58. The molecular weight excluding hydrogens is 317 g/mol. The van der Waals surface area contributed by atoms with Crippen LogP contribution in [0.25, 0.3) is 0 Å². The number of ether oxygens (including phenoxy) is 2. The molecule has 2 aromatic rings. The molecule has 1 aromatic carbocycles. The number of aryl methyl sites for hydroxylation is 1. The van der Waals surface area contributed by atoms with E-state index in [0.29, 0.717) is 30.4 Å². The number of carbonyl (C=O) groups is 1. The number of amides is 1. The van der Waals surface area contributed by atoms with E-state index in [1.54, 1.807) is 6.92 Å². The topological polar surface area (TPSA) is 86.5 Å². The van der Waals surface area contributed by atoms with Crippen LogP contribution in [0.4, 0.5) is 4.39 Å². The van der Waals surface area contributed by atoms with E-state index in [2.05, 4.69) is 15.5 Å². The highest BCUT2D eigenvalue weighted by Gasteiger charge is 2.34. The minimum Gasteiger partial charge on any atom is -0.494 e. The lowest BCUT2D eigenvalue weighted by atomic mass is 10.0. The summed E-state index contributed by atoms with van der Waals surface area (Å²) in [6.07, 6.45) is 0.452. The average Bonchev–Trinajstić information content (AvgIpc) is 3.21. The monoisotopic (exact) mass is 335 g/mol. The Bertz CT molecular complexity index is 734. The van der Waals surface area contributed by atoms with Crippen molar-refractivity contribution in [3.8, 4) is 5.75 Å². The summed E-state index contributed by atoms with van der Waals surface area (Å²) in [6, 6.07) is 3.99. The third-order valence-electron chi connectivity index (χ3n) is 3.94. The van der Waals surface area contributed by atoms with Gasteiger partial charge in [-0.3, -0.25) is 4.79 Å². The number of hydrogen-bond acceptors (Lipinski definition) is 6. The fraction of sp³-hybridized carbons (Fsp3) is 0.438. The molecule has 0 spiro atoms. The van der Waals surface area contributed by atoms with E-state index in [4.69, 9.17) is 14.0 Å². The molecule has 0 aliphatic carbocycles. The summed E-state index contributed by atoms with van der Waals surface area (Å²) < 4.78 is 29.1. The van der Waals surface area contributed by atoms with Crippen LogP contribution in [0.3, 0.4) is 0 Å². The zero-order valence-corrected chi connectivity index (χ0v) is 13.4. The predicted molar refractivity (Wildman–Crippen MR) is 81.1 cm³/mol. The SMILES string of the molecule is COc1cc(C(=O)NC[C@@H]2CCO[C@@H]2c2nc(C)no2)ccc1F. The summed E-state index contributed by atoms with van der Waals surface area (Å²) in [7, 11) is 1.35. The highest BCUT2D eigenvalue weighted by molar-refractivity contribution is 5.94. The van der Waals surface area contributed by atoms with Crippen LogP contribution in [0, 0.1) is 18.7 Å². The molecule has 0 unspecified atom stereocenters. The Morgan fingerprint density at radius 3 is 3.04 bits per heavy atom. The Balaban J connectivity index is 1.63. The number of benzene rings is 1. The largest absolute Gasteiger partial charge is 0.494 e. The fourth-order valence-corrected chi connectivity index (χ4v) is 2.67. The molecule has 0 bridgehead atoms. The maximum Gasteiger partial charge on any atom is 0.256 e. The minimum atomic E-state index is -0.509. The quantitative estimate of drug-likeness (QED) is 0.900. The summed E-state index contributed by atoms with van der Waals surface area (Å²) in [6.45, 7) is 2.70. The number of rotatable bonds is 5. The van der Waals surface area contributed by atoms with Crippen molar-refractivity contribution < 1.29 is 23.2 Å². The zero-order chi connectivity index (χ0) is 17.1. The Labute approximate surface area is 138 Å². The van der Waals surface area contributed by atoms with Crippen molar-refractivity contribution in [2.45, 2.75) is 19.4 Å². The first-order valence-electron chi connectivity index (χ1n) is 7.62. The maximum absolute atomic E-state index is 13.4. The van der Waals surface area contributed by atoms with Crippen molar-refractivity contribution in [1.29, 1.82) is 0 Å². The standard InChI is InChI=1S/C16H18FN3O4/c1-9-19-16(24-20-9)14-11(5-6-23-14)8-18-15(21)10-3-4-12(17)13(7-10)22-2/h3-4,7,11,14H,5-6,8H2,1-2H3,(H,18,21)/t11-,14-/m0/s1. The molecule has 3 rings (SSSR count). The van der Waals surface area contributed by atoms with E-state index < -0.39 is 5.82 Å². The van der Waals surface area contributed by atoms with Crippen molar-refractivity contribution in [2.24, 2.45) is 5.92 Å². The van der Waals surface area contributed by atoms with Gasteiger partial charge in [0.15, 0.2) is 17.4 Å². The lowest BCUT2D eigenvalue weighted by molar-refractivity contribution is 0.0613. The van der Waals surface area contributed by atoms with Gasteiger partial charge in [0.2, 0.25) is 0 Å². The highest BCUT2D eigenvalue weighted by atomic mass is 19.1. The minimum absolute atomic E-state index is 0.0334. The van der Waals surface area contributed by atoms with Gasteiger partial charge in [-0.1, -0.05) is 5.16 Å². The molecule has 1 aromatic heterocycles. The van der Waals surface area contributed by atoms with Crippen molar-refractivity contribution in [2.75, 3.05) is 20.3 Å². The van der Waals surface area contributed by atoms with E-state index in [0.717, 1.165) is 6.42 Å². The summed E-state index contributed by atoms with van der Waals surface area (Å²) in [5.74, 6) is 0.224. The molecule has 8 heteroatoms. The average molecular weight is 335 g/mol. The van der Waals surface area contributed by atoms with Gasteiger partial charge < -0.3 is 19.3 Å². The molecule has 1 amide bonds. The Hall–Kier alpha value is -2.48. The van der Waals surface area contributed by atoms with Crippen LogP contribution in [-0.2, 0) is 4.74 Å².